The number of unbranched alkanes of at least 4 members (excludes halogenated alkanes) is 34. The topological polar surface area (TPSA) is 87.6 Å². The third-order valence-corrected chi connectivity index (χ3v) is 16.3. The first-order chi connectivity index (χ1) is 35.8. The molecule has 1 unspecified atom stereocenters. The van der Waals surface area contributed by atoms with E-state index in [2.05, 4.69) is 49.3 Å². The summed E-state index contributed by atoms with van der Waals surface area (Å²) in [6.45, 7) is 21.9. The molecule has 0 aromatic carbocycles. The van der Waals surface area contributed by atoms with Crippen LogP contribution in [0.1, 0.15) is 304 Å². The van der Waals surface area contributed by atoms with Gasteiger partial charge in [0.1, 0.15) is 0 Å². The summed E-state index contributed by atoms with van der Waals surface area (Å²) in [5.74, 6) is -0.486. The number of carboxylic acid groups (broad SMARTS) is 1. The predicted molar refractivity (Wildman–Crippen MR) is 316 cm³/mol. The molecule has 73 heavy (non-hydrogen) atoms. The molecule has 1 atom stereocenters. The van der Waals surface area contributed by atoms with Crippen molar-refractivity contribution in [2.24, 2.45) is 5.92 Å². The van der Waals surface area contributed by atoms with Crippen LogP contribution in [-0.4, -0.2) is 132 Å². The lowest BCUT2D eigenvalue weighted by Crippen LogP contribution is -2.54. The van der Waals surface area contributed by atoms with E-state index in [-0.39, 0.29) is 17.7 Å². The fourth-order valence-corrected chi connectivity index (χ4v) is 11.1. The molecule has 0 saturated carbocycles. The molecule has 0 radical (unpaired) electrons. The molecule has 1 rings (SSSR count). The van der Waals surface area contributed by atoms with Gasteiger partial charge in [0.25, 0.3) is 0 Å². The number of piperazine rings is 1. The molecular formula is C64H127N5O4. The number of carbonyl (C=O) groups excluding carboxylic acids is 2. The molecule has 1 heterocycles. The number of carboxylic acids is 1. The van der Waals surface area contributed by atoms with Crippen LogP contribution in [0.2, 0.25) is 0 Å². The van der Waals surface area contributed by atoms with Crippen molar-refractivity contribution < 1.29 is 19.5 Å². The van der Waals surface area contributed by atoms with E-state index in [0.717, 1.165) is 84.1 Å². The van der Waals surface area contributed by atoms with Crippen LogP contribution < -0.4 is 0 Å². The molecule has 0 spiro atoms. The number of nitrogens with zero attached hydrogens (tertiary/aromatic N) is 5. The Kier molecular flexibility index (Phi) is 49.7. The molecular weight excluding hydrogens is 903 g/mol. The van der Waals surface area contributed by atoms with Gasteiger partial charge in [-0.15, -0.1) is 0 Å². The van der Waals surface area contributed by atoms with E-state index in [1.807, 2.05) is 9.80 Å². The Morgan fingerprint density at radius 2 is 0.534 bits per heavy atom. The third kappa shape index (κ3) is 42.1. The number of aliphatic carboxylic acids is 1. The molecule has 1 aliphatic heterocycles. The quantitative estimate of drug-likeness (QED) is 0.0607. The first-order valence-corrected chi connectivity index (χ1v) is 32.7. The number of carbonyl (C=O) groups is 3. The Hall–Kier alpha value is -1.71. The second-order valence-corrected chi connectivity index (χ2v) is 23.1. The van der Waals surface area contributed by atoms with Crippen LogP contribution in [0.3, 0.4) is 0 Å². The van der Waals surface area contributed by atoms with Crippen LogP contribution >= 0.6 is 0 Å². The minimum atomic E-state index is -0.646. The van der Waals surface area contributed by atoms with Crippen molar-refractivity contribution in [1.29, 1.82) is 0 Å². The van der Waals surface area contributed by atoms with Gasteiger partial charge in [-0.05, 0) is 77.7 Å². The summed E-state index contributed by atoms with van der Waals surface area (Å²) >= 11 is 0. The Morgan fingerprint density at radius 3 is 0.836 bits per heavy atom. The first kappa shape index (κ1) is 69.3. The number of hydrogen-bond donors (Lipinski definition) is 1. The van der Waals surface area contributed by atoms with E-state index in [9.17, 15) is 19.5 Å². The van der Waals surface area contributed by atoms with Gasteiger partial charge in [-0.1, -0.05) is 259 Å². The van der Waals surface area contributed by atoms with Crippen molar-refractivity contribution in [2.75, 3.05) is 85.1 Å². The summed E-state index contributed by atoms with van der Waals surface area (Å²) in [6.07, 6.45) is 52.6. The van der Waals surface area contributed by atoms with Gasteiger partial charge >= 0.3 is 5.97 Å². The largest absolute Gasteiger partial charge is 0.481 e. The maximum Gasteiger partial charge on any atom is 0.306 e. The minimum absolute atomic E-state index is 0.184. The van der Waals surface area contributed by atoms with Gasteiger partial charge in [0, 0.05) is 39.3 Å². The first-order valence-electron chi connectivity index (χ1n) is 32.7. The van der Waals surface area contributed by atoms with Gasteiger partial charge in [-0.2, -0.15) is 0 Å². The van der Waals surface area contributed by atoms with Gasteiger partial charge in [-0.25, -0.2) is 0 Å². The highest BCUT2D eigenvalue weighted by molar-refractivity contribution is 5.80. The Labute approximate surface area is 455 Å². The predicted octanol–water partition coefficient (Wildman–Crippen LogP) is 16.7. The average molecular weight is 1030 g/mol. The zero-order valence-corrected chi connectivity index (χ0v) is 49.9. The highest BCUT2D eigenvalue weighted by Crippen LogP contribution is 2.20. The molecule has 0 aromatic rings. The zero-order chi connectivity index (χ0) is 53.1. The molecule has 9 heteroatoms. The molecule has 0 aromatic heterocycles. The standard InChI is InChI=1S/C64H127N5O4/c1-6-11-16-21-25-26-27-28-29-33-38-43-50-66(52-45-40-47-61(64(72)73)46-39-34-20-15-10-5)59-62(70)68-55-57-69(58-56-68)63(71)60-67(51-44-37-32-24-19-14-9-4)54-53-65(48-41-35-30-22-17-12-7-2)49-42-36-31-23-18-13-8-3/h61H,6-60H2,1-5H3,(H,72,73). The molecule has 0 bridgehead atoms. The summed E-state index contributed by atoms with van der Waals surface area (Å²) in [5, 5.41) is 9.97. The van der Waals surface area contributed by atoms with Crippen molar-refractivity contribution in [3.05, 3.63) is 0 Å². The highest BCUT2D eigenvalue weighted by atomic mass is 16.4. The zero-order valence-electron chi connectivity index (χ0n) is 49.9. The summed E-state index contributed by atoms with van der Waals surface area (Å²) in [6, 6.07) is 0. The molecule has 9 nitrogen and oxygen atoms in total. The van der Waals surface area contributed by atoms with Crippen LogP contribution in [0.25, 0.3) is 0 Å². The van der Waals surface area contributed by atoms with Gasteiger partial charge in [-0.3, -0.25) is 24.2 Å². The Balaban J connectivity index is 2.85. The molecule has 1 fully saturated rings. The number of hydrogen-bond acceptors (Lipinski definition) is 6. The summed E-state index contributed by atoms with van der Waals surface area (Å²) in [7, 11) is 0. The average Bonchev–Trinajstić information content (AvgIpc) is 3.39. The smallest absolute Gasteiger partial charge is 0.306 e. The Morgan fingerprint density at radius 1 is 0.315 bits per heavy atom. The van der Waals surface area contributed by atoms with Crippen molar-refractivity contribution in [2.45, 2.75) is 304 Å². The van der Waals surface area contributed by atoms with Gasteiger partial charge in [0.15, 0.2) is 0 Å². The van der Waals surface area contributed by atoms with E-state index < -0.39 is 5.97 Å². The highest BCUT2D eigenvalue weighted by Gasteiger charge is 2.27. The normalized spacial score (nSPS) is 13.6. The van der Waals surface area contributed by atoms with Crippen LogP contribution in [0.15, 0.2) is 0 Å². The lowest BCUT2D eigenvalue weighted by atomic mass is 9.95. The van der Waals surface area contributed by atoms with E-state index in [0.29, 0.717) is 39.3 Å². The van der Waals surface area contributed by atoms with Crippen LogP contribution in [0.4, 0.5) is 0 Å². The molecule has 0 aliphatic carbocycles. The summed E-state index contributed by atoms with van der Waals surface area (Å²) < 4.78 is 0. The van der Waals surface area contributed by atoms with E-state index in [1.165, 1.54) is 231 Å². The van der Waals surface area contributed by atoms with E-state index >= 15 is 0 Å². The van der Waals surface area contributed by atoms with Gasteiger partial charge in [0.05, 0.1) is 19.0 Å². The summed E-state index contributed by atoms with van der Waals surface area (Å²) in [4.78, 5) is 51.8. The number of amides is 2. The maximum atomic E-state index is 14.1. The van der Waals surface area contributed by atoms with Crippen molar-refractivity contribution >= 4 is 17.8 Å². The lowest BCUT2D eigenvalue weighted by molar-refractivity contribution is -0.142. The molecule has 2 amide bonds. The van der Waals surface area contributed by atoms with Crippen LogP contribution in [0.5, 0.6) is 0 Å². The fourth-order valence-electron chi connectivity index (χ4n) is 11.1. The SMILES string of the molecule is CCCCCCCCCCCCCCN(CCCCC(CCCCCCC)C(=O)O)CC(=O)N1CCN(C(=O)CN(CCCCCCCCC)CCN(CCCCCCCCC)CCCCCCCCC)CC1. The van der Waals surface area contributed by atoms with Crippen molar-refractivity contribution in [3.63, 3.8) is 0 Å². The van der Waals surface area contributed by atoms with Crippen molar-refractivity contribution in [1.82, 2.24) is 24.5 Å². The van der Waals surface area contributed by atoms with Gasteiger partial charge < -0.3 is 19.8 Å². The lowest BCUT2D eigenvalue weighted by Gasteiger charge is -2.37. The monoisotopic (exact) mass is 1030 g/mol. The molecule has 1 saturated heterocycles. The second kappa shape index (κ2) is 52.3. The van der Waals surface area contributed by atoms with Crippen LogP contribution in [0, 0.1) is 5.92 Å². The van der Waals surface area contributed by atoms with Crippen LogP contribution in [-0.2, 0) is 14.4 Å². The van der Waals surface area contributed by atoms with E-state index in [4.69, 9.17) is 0 Å². The minimum Gasteiger partial charge on any atom is -0.481 e. The molecule has 1 aliphatic rings. The fraction of sp³-hybridized carbons (Fsp3) is 0.953. The third-order valence-electron chi connectivity index (χ3n) is 16.3. The molecule has 432 valence electrons. The summed E-state index contributed by atoms with van der Waals surface area (Å²) in [5.41, 5.74) is 0. The van der Waals surface area contributed by atoms with E-state index in [1.54, 1.807) is 0 Å². The number of rotatable bonds is 56. The molecule has 1 N–H and O–H groups in total. The Bertz CT molecular complexity index is 1190. The maximum absolute atomic E-state index is 14.1. The van der Waals surface area contributed by atoms with Gasteiger partial charge in [0.2, 0.25) is 11.8 Å². The second-order valence-electron chi connectivity index (χ2n) is 23.1. The van der Waals surface area contributed by atoms with Crippen molar-refractivity contribution in [3.8, 4) is 0 Å².